The predicted molar refractivity (Wildman–Crippen MR) is 72.3 cm³/mol. The third kappa shape index (κ3) is 3.86. The van der Waals surface area contributed by atoms with E-state index >= 15 is 0 Å². The average Bonchev–Trinajstić information content (AvgIpc) is 2.31. The maximum Gasteiger partial charge on any atom is 0.310 e. The van der Waals surface area contributed by atoms with Crippen molar-refractivity contribution in [1.29, 1.82) is 0 Å². The highest BCUT2D eigenvalue weighted by atomic mass is 16.4. The molecule has 1 N–H and O–H groups in total. The Hall–Kier alpha value is -1.32. The van der Waals surface area contributed by atoms with E-state index in [0.29, 0.717) is 19.4 Å². The van der Waals surface area contributed by atoms with E-state index in [1.54, 1.807) is 11.0 Å². The van der Waals surface area contributed by atoms with Crippen LogP contribution in [0.1, 0.15) is 47.0 Å². The van der Waals surface area contributed by atoms with E-state index in [1.807, 2.05) is 27.7 Å². The fourth-order valence-electron chi connectivity index (χ4n) is 2.01. The minimum atomic E-state index is -0.939. The van der Waals surface area contributed by atoms with Crippen molar-refractivity contribution >= 4 is 11.9 Å². The van der Waals surface area contributed by atoms with Gasteiger partial charge in [0.1, 0.15) is 0 Å². The zero-order chi connectivity index (χ0) is 14.3. The van der Waals surface area contributed by atoms with E-state index in [-0.39, 0.29) is 18.4 Å². The molecule has 0 aromatic heterocycles. The van der Waals surface area contributed by atoms with Crippen molar-refractivity contribution in [2.75, 3.05) is 6.54 Å². The molecule has 0 aliphatic rings. The second kappa shape index (κ2) is 7.19. The molecule has 4 nitrogen and oxygen atoms in total. The van der Waals surface area contributed by atoms with Crippen molar-refractivity contribution in [3.05, 3.63) is 12.7 Å². The molecule has 0 rings (SSSR count). The summed E-state index contributed by atoms with van der Waals surface area (Å²) in [6.45, 7) is 11.6. The van der Waals surface area contributed by atoms with Crippen molar-refractivity contribution in [2.24, 2.45) is 5.41 Å². The number of aliphatic carboxylic acids is 1. The smallest absolute Gasteiger partial charge is 0.310 e. The molecular weight excluding hydrogens is 230 g/mol. The molecule has 0 saturated heterocycles. The molecular formula is C14H25NO3. The van der Waals surface area contributed by atoms with Crippen molar-refractivity contribution in [3.63, 3.8) is 0 Å². The molecule has 104 valence electrons. The molecule has 0 heterocycles. The average molecular weight is 255 g/mol. The number of hydrogen-bond donors (Lipinski definition) is 1. The Balaban J connectivity index is 4.98. The number of rotatable bonds is 8. The molecule has 0 spiro atoms. The van der Waals surface area contributed by atoms with E-state index < -0.39 is 11.4 Å². The summed E-state index contributed by atoms with van der Waals surface area (Å²) in [6, 6.07) is 0.0516. The molecule has 0 bridgehead atoms. The third-order valence-electron chi connectivity index (χ3n) is 3.57. The van der Waals surface area contributed by atoms with Gasteiger partial charge in [-0.2, -0.15) is 0 Å². The molecule has 0 aromatic rings. The minimum absolute atomic E-state index is 0.0516. The molecule has 18 heavy (non-hydrogen) atoms. The zero-order valence-electron chi connectivity index (χ0n) is 11.9. The van der Waals surface area contributed by atoms with Crippen molar-refractivity contribution in [3.8, 4) is 0 Å². The van der Waals surface area contributed by atoms with Gasteiger partial charge in [0.25, 0.3) is 0 Å². The normalized spacial score (nSPS) is 11.4. The van der Waals surface area contributed by atoms with Crippen LogP contribution in [0.15, 0.2) is 12.7 Å². The van der Waals surface area contributed by atoms with Gasteiger partial charge in [0.05, 0.1) is 5.41 Å². The van der Waals surface area contributed by atoms with Crippen LogP contribution in [0, 0.1) is 5.41 Å². The first-order valence-electron chi connectivity index (χ1n) is 6.48. The van der Waals surface area contributed by atoms with E-state index in [9.17, 15) is 14.7 Å². The van der Waals surface area contributed by atoms with Crippen LogP contribution in [-0.2, 0) is 9.59 Å². The van der Waals surface area contributed by atoms with E-state index in [4.69, 9.17) is 0 Å². The Morgan fingerprint density at radius 2 is 1.83 bits per heavy atom. The largest absolute Gasteiger partial charge is 0.481 e. The summed E-state index contributed by atoms with van der Waals surface area (Å²) in [4.78, 5) is 25.3. The van der Waals surface area contributed by atoms with Gasteiger partial charge in [-0.3, -0.25) is 9.59 Å². The van der Waals surface area contributed by atoms with Crippen molar-refractivity contribution in [1.82, 2.24) is 4.90 Å². The first-order chi connectivity index (χ1) is 8.34. The van der Waals surface area contributed by atoms with E-state index in [0.717, 1.165) is 0 Å². The monoisotopic (exact) mass is 255 g/mol. The van der Waals surface area contributed by atoms with E-state index in [2.05, 4.69) is 6.58 Å². The quantitative estimate of drug-likeness (QED) is 0.678. The highest BCUT2D eigenvalue weighted by Gasteiger charge is 2.38. The first-order valence-corrected chi connectivity index (χ1v) is 6.48. The summed E-state index contributed by atoms with van der Waals surface area (Å²) in [5.74, 6) is -1.00. The standard InChI is InChI=1S/C14H25NO3/c1-6-9-15(11(4)5)12(16)10-14(7-2,8-3)13(17)18/h6,11H,1,7-10H2,2-5H3,(H,17,18). The maximum absolute atomic E-state index is 12.2. The van der Waals surface area contributed by atoms with Crippen LogP contribution in [0.2, 0.25) is 0 Å². The minimum Gasteiger partial charge on any atom is -0.481 e. The number of carboxylic acid groups (broad SMARTS) is 1. The molecule has 0 atom stereocenters. The third-order valence-corrected chi connectivity index (χ3v) is 3.57. The highest BCUT2D eigenvalue weighted by Crippen LogP contribution is 2.32. The van der Waals surface area contributed by atoms with Crippen LogP contribution in [0.3, 0.4) is 0 Å². The number of carbonyl (C=O) groups excluding carboxylic acids is 1. The molecule has 1 amide bonds. The number of carbonyl (C=O) groups is 2. The molecule has 0 fully saturated rings. The van der Waals surface area contributed by atoms with Crippen LogP contribution in [0.25, 0.3) is 0 Å². The van der Waals surface area contributed by atoms with Gasteiger partial charge < -0.3 is 10.0 Å². The highest BCUT2D eigenvalue weighted by molar-refractivity contribution is 5.85. The Bertz CT molecular complexity index is 306. The summed E-state index contributed by atoms with van der Waals surface area (Å²) in [6.07, 6.45) is 2.65. The molecule has 0 unspecified atom stereocenters. The zero-order valence-corrected chi connectivity index (χ0v) is 11.9. The Kier molecular flexibility index (Phi) is 6.66. The predicted octanol–water partition coefficient (Wildman–Crippen LogP) is 2.69. The lowest BCUT2D eigenvalue weighted by molar-refractivity contribution is -0.154. The summed E-state index contributed by atoms with van der Waals surface area (Å²) in [7, 11) is 0. The lowest BCUT2D eigenvalue weighted by atomic mass is 9.79. The first kappa shape index (κ1) is 16.7. The number of nitrogens with zero attached hydrogens (tertiary/aromatic N) is 1. The molecule has 0 saturated carbocycles. The van der Waals surface area contributed by atoms with Gasteiger partial charge in [0, 0.05) is 19.0 Å². The molecule has 0 radical (unpaired) electrons. The Labute approximate surface area is 110 Å². The Morgan fingerprint density at radius 3 is 2.11 bits per heavy atom. The molecule has 0 aliphatic heterocycles. The van der Waals surface area contributed by atoms with Crippen LogP contribution >= 0.6 is 0 Å². The number of carboxylic acids is 1. The fraction of sp³-hybridized carbons (Fsp3) is 0.714. The van der Waals surface area contributed by atoms with Crippen LogP contribution < -0.4 is 0 Å². The summed E-state index contributed by atoms with van der Waals surface area (Å²) < 4.78 is 0. The van der Waals surface area contributed by atoms with Gasteiger partial charge in [-0.05, 0) is 26.7 Å². The van der Waals surface area contributed by atoms with Crippen molar-refractivity contribution < 1.29 is 14.7 Å². The van der Waals surface area contributed by atoms with Crippen LogP contribution in [0.4, 0.5) is 0 Å². The summed E-state index contributed by atoms with van der Waals surface area (Å²) in [5.41, 5.74) is -0.939. The second-order valence-corrected chi connectivity index (χ2v) is 4.90. The van der Waals surface area contributed by atoms with E-state index in [1.165, 1.54) is 0 Å². The number of amides is 1. The number of hydrogen-bond acceptors (Lipinski definition) is 2. The summed E-state index contributed by atoms with van der Waals surface area (Å²) >= 11 is 0. The van der Waals surface area contributed by atoms with Gasteiger partial charge in [-0.1, -0.05) is 19.9 Å². The molecule has 0 aliphatic carbocycles. The lowest BCUT2D eigenvalue weighted by Crippen LogP contribution is -2.42. The maximum atomic E-state index is 12.2. The summed E-state index contributed by atoms with van der Waals surface area (Å²) in [5, 5.41) is 9.33. The lowest BCUT2D eigenvalue weighted by Gasteiger charge is -2.31. The molecule has 0 aromatic carbocycles. The van der Waals surface area contributed by atoms with Gasteiger partial charge in [-0.25, -0.2) is 0 Å². The SMILES string of the molecule is C=CCN(C(=O)CC(CC)(CC)C(=O)O)C(C)C. The van der Waals surface area contributed by atoms with Gasteiger partial charge in [-0.15, -0.1) is 6.58 Å². The topological polar surface area (TPSA) is 57.6 Å². The Morgan fingerprint density at radius 1 is 1.33 bits per heavy atom. The van der Waals surface area contributed by atoms with Crippen LogP contribution in [-0.4, -0.2) is 34.5 Å². The fourth-order valence-corrected chi connectivity index (χ4v) is 2.01. The second-order valence-electron chi connectivity index (χ2n) is 4.90. The molecule has 4 heteroatoms. The van der Waals surface area contributed by atoms with Crippen molar-refractivity contribution in [2.45, 2.75) is 53.0 Å². The van der Waals surface area contributed by atoms with Crippen LogP contribution in [0.5, 0.6) is 0 Å². The van der Waals surface area contributed by atoms with Gasteiger partial charge in [0.15, 0.2) is 0 Å². The van der Waals surface area contributed by atoms with Gasteiger partial charge >= 0.3 is 5.97 Å². The van der Waals surface area contributed by atoms with Gasteiger partial charge in [0.2, 0.25) is 5.91 Å².